The molecule has 0 radical (unpaired) electrons. The average molecular weight is 368 g/mol. The molecular formula is C16H16BrClN2O. The van der Waals surface area contributed by atoms with Gasteiger partial charge in [-0.05, 0) is 41.8 Å². The molecule has 2 aromatic rings. The number of rotatable bonds is 4. The molecule has 3 nitrogen and oxygen atoms in total. The minimum Gasteiger partial charge on any atom is -0.456 e. The van der Waals surface area contributed by atoms with Crippen molar-refractivity contribution in [3.63, 3.8) is 0 Å². The maximum atomic E-state index is 7.63. The summed E-state index contributed by atoms with van der Waals surface area (Å²) < 4.78 is 6.97. The molecule has 0 aliphatic rings. The molecule has 5 heteroatoms. The Bertz CT molecular complexity index is 686. The molecule has 110 valence electrons. The molecule has 0 saturated carbocycles. The number of nitrogens with two attached hydrogens (primary N) is 1. The Balaban J connectivity index is 2.47. The molecule has 0 aliphatic heterocycles. The van der Waals surface area contributed by atoms with Gasteiger partial charge in [-0.1, -0.05) is 41.4 Å². The maximum absolute atomic E-state index is 7.63. The highest BCUT2D eigenvalue weighted by atomic mass is 79.9. The first-order chi connectivity index (χ1) is 9.88. The molecule has 21 heavy (non-hydrogen) atoms. The normalized spacial score (nSPS) is 10.7. The van der Waals surface area contributed by atoms with Gasteiger partial charge in [0.2, 0.25) is 0 Å². The monoisotopic (exact) mass is 366 g/mol. The number of ether oxygens (including phenoxy) is 1. The van der Waals surface area contributed by atoms with Crippen LogP contribution in [0.4, 0.5) is 0 Å². The molecule has 0 spiro atoms. The summed E-state index contributed by atoms with van der Waals surface area (Å²) >= 11 is 9.49. The van der Waals surface area contributed by atoms with E-state index in [-0.39, 0.29) is 5.84 Å². The Labute approximate surface area is 137 Å². The first-order valence-corrected chi connectivity index (χ1v) is 7.67. The maximum Gasteiger partial charge on any atom is 0.139 e. The van der Waals surface area contributed by atoms with E-state index in [0.29, 0.717) is 22.3 Å². The lowest BCUT2D eigenvalue weighted by atomic mass is 10.0. The largest absolute Gasteiger partial charge is 0.456 e. The Morgan fingerprint density at radius 3 is 2.52 bits per heavy atom. The number of benzene rings is 2. The van der Waals surface area contributed by atoms with E-state index in [1.165, 1.54) is 0 Å². The summed E-state index contributed by atoms with van der Waals surface area (Å²) in [6, 6.07) is 10.9. The zero-order valence-electron chi connectivity index (χ0n) is 11.8. The summed E-state index contributed by atoms with van der Waals surface area (Å²) in [6.45, 7) is 4.19. The quantitative estimate of drug-likeness (QED) is 0.569. The smallest absolute Gasteiger partial charge is 0.139 e. The van der Waals surface area contributed by atoms with Crippen LogP contribution in [0.15, 0.2) is 40.9 Å². The highest BCUT2D eigenvalue weighted by molar-refractivity contribution is 9.10. The van der Waals surface area contributed by atoms with Crippen LogP contribution < -0.4 is 10.5 Å². The van der Waals surface area contributed by atoms with Crippen LogP contribution in [0.25, 0.3) is 0 Å². The molecule has 0 amide bonds. The summed E-state index contributed by atoms with van der Waals surface area (Å²) in [4.78, 5) is 0. The van der Waals surface area contributed by atoms with E-state index in [2.05, 4.69) is 29.8 Å². The number of amidine groups is 1. The number of hydrogen-bond donors (Lipinski definition) is 2. The molecular weight excluding hydrogens is 352 g/mol. The molecule has 0 aliphatic carbocycles. The van der Waals surface area contributed by atoms with Gasteiger partial charge in [-0.25, -0.2) is 0 Å². The van der Waals surface area contributed by atoms with Gasteiger partial charge in [0.25, 0.3) is 0 Å². The Hall–Kier alpha value is -1.52. The van der Waals surface area contributed by atoms with Crippen molar-refractivity contribution in [1.29, 1.82) is 5.41 Å². The molecule has 0 atom stereocenters. The molecule has 0 bridgehead atoms. The van der Waals surface area contributed by atoms with Crippen molar-refractivity contribution < 1.29 is 4.74 Å². The Morgan fingerprint density at radius 1 is 1.19 bits per heavy atom. The van der Waals surface area contributed by atoms with Crippen molar-refractivity contribution in [2.75, 3.05) is 0 Å². The molecule has 0 aromatic heterocycles. The van der Waals surface area contributed by atoms with Gasteiger partial charge in [0.15, 0.2) is 0 Å². The zero-order chi connectivity index (χ0) is 15.6. The van der Waals surface area contributed by atoms with Gasteiger partial charge in [0.05, 0.1) is 5.56 Å². The van der Waals surface area contributed by atoms with E-state index in [0.717, 1.165) is 15.8 Å². The van der Waals surface area contributed by atoms with E-state index in [4.69, 9.17) is 27.5 Å². The van der Waals surface area contributed by atoms with Gasteiger partial charge in [0, 0.05) is 15.6 Å². The lowest BCUT2D eigenvalue weighted by Crippen LogP contribution is -2.12. The van der Waals surface area contributed by atoms with Crippen LogP contribution >= 0.6 is 27.5 Å². The third-order valence-corrected chi connectivity index (χ3v) is 3.78. The van der Waals surface area contributed by atoms with Crippen LogP contribution in [0.1, 0.15) is 30.9 Å². The first-order valence-electron chi connectivity index (χ1n) is 6.49. The highest BCUT2D eigenvalue weighted by Gasteiger charge is 2.13. The van der Waals surface area contributed by atoms with Crippen LogP contribution in [0.2, 0.25) is 5.02 Å². The van der Waals surface area contributed by atoms with Crippen LogP contribution in [0.5, 0.6) is 11.5 Å². The molecule has 0 fully saturated rings. The Kier molecular flexibility index (Phi) is 4.91. The SMILES string of the molecule is CC(C)c1cc(Br)ccc1Oc1cc(Cl)ccc1C(=N)N. The van der Waals surface area contributed by atoms with Crippen LogP contribution in [-0.4, -0.2) is 5.84 Å². The van der Waals surface area contributed by atoms with Gasteiger partial charge in [-0.15, -0.1) is 0 Å². The topological polar surface area (TPSA) is 59.1 Å². The fourth-order valence-corrected chi connectivity index (χ4v) is 2.53. The van der Waals surface area contributed by atoms with E-state index in [9.17, 15) is 0 Å². The highest BCUT2D eigenvalue weighted by Crippen LogP contribution is 2.35. The predicted octanol–water partition coefficient (Wildman–Crippen LogP) is 5.30. The number of nitrogens with one attached hydrogen (secondary N) is 1. The lowest BCUT2D eigenvalue weighted by Gasteiger charge is -2.16. The lowest BCUT2D eigenvalue weighted by molar-refractivity contribution is 0.472. The number of hydrogen-bond acceptors (Lipinski definition) is 2. The van der Waals surface area contributed by atoms with Crippen LogP contribution in [-0.2, 0) is 0 Å². The van der Waals surface area contributed by atoms with Gasteiger partial charge in [0.1, 0.15) is 17.3 Å². The fraction of sp³-hybridized carbons (Fsp3) is 0.188. The summed E-state index contributed by atoms with van der Waals surface area (Å²) in [6.07, 6.45) is 0. The molecule has 2 rings (SSSR count). The number of nitrogen functional groups attached to an aromatic ring is 1. The molecule has 3 N–H and O–H groups in total. The summed E-state index contributed by atoms with van der Waals surface area (Å²) in [5.74, 6) is 1.47. The van der Waals surface area contributed by atoms with Crippen molar-refractivity contribution in [3.05, 3.63) is 57.0 Å². The predicted molar refractivity (Wildman–Crippen MR) is 90.8 cm³/mol. The van der Waals surface area contributed by atoms with Gasteiger partial charge in [-0.2, -0.15) is 0 Å². The van der Waals surface area contributed by atoms with Crippen molar-refractivity contribution in [1.82, 2.24) is 0 Å². The van der Waals surface area contributed by atoms with Gasteiger partial charge in [-0.3, -0.25) is 5.41 Å². The fourth-order valence-electron chi connectivity index (χ4n) is 1.99. The third-order valence-electron chi connectivity index (χ3n) is 3.05. The van der Waals surface area contributed by atoms with E-state index in [1.807, 2.05) is 18.2 Å². The second-order valence-electron chi connectivity index (χ2n) is 4.99. The second kappa shape index (κ2) is 6.50. The summed E-state index contributed by atoms with van der Waals surface area (Å²) in [5.41, 5.74) is 7.19. The molecule has 0 heterocycles. The minimum atomic E-state index is -0.0510. The van der Waals surface area contributed by atoms with E-state index >= 15 is 0 Å². The van der Waals surface area contributed by atoms with Crippen molar-refractivity contribution in [2.24, 2.45) is 5.73 Å². The summed E-state index contributed by atoms with van der Waals surface area (Å²) in [5, 5.41) is 8.17. The van der Waals surface area contributed by atoms with Crippen LogP contribution in [0.3, 0.4) is 0 Å². The van der Waals surface area contributed by atoms with Gasteiger partial charge < -0.3 is 10.5 Å². The van der Waals surface area contributed by atoms with Crippen LogP contribution in [0, 0.1) is 5.41 Å². The standard InChI is InChI=1S/C16H16BrClN2O/c1-9(2)13-7-10(17)3-6-14(13)21-15-8-11(18)4-5-12(15)16(19)20/h3-9H,1-2H3,(H3,19,20). The third kappa shape index (κ3) is 3.77. The number of halogens is 2. The first kappa shape index (κ1) is 15.9. The zero-order valence-corrected chi connectivity index (χ0v) is 14.1. The minimum absolute atomic E-state index is 0.0510. The molecule has 0 unspecified atom stereocenters. The van der Waals surface area contributed by atoms with Gasteiger partial charge >= 0.3 is 0 Å². The molecule has 0 saturated heterocycles. The van der Waals surface area contributed by atoms with Crippen molar-refractivity contribution >= 4 is 33.4 Å². The molecule has 2 aromatic carbocycles. The van der Waals surface area contributed by atoms with E-state index in [1.54, 1.807) is 18.2 Å². The average Bonchev–Trinajstić information content (AvgIpc) is 2.40. The van der Waals surface area contributed by atoms with Crippen molar-refractivity contribution in [3.8, 4) is 11.5 Å². The second-order valence-corrected chi connectivity index (χ2v) is 6.35. The van der Waals surface area contributed by atoms with E-state index < -0.39 is 0 Å². The van der Waals surface area contributed by atoms with Crippen molar-refractivity contribution in [2.45, 2.75) is 19.8 Å². The summed E-state index contributed by atoms with van der Waals surface area (Å²) in [7, 11) is 0. The Morgan fingerprint density at radius 2 is 1.90 bits per heavy atom.